The Kier molecular flexibility index (Phi) is 7.03. The number of hydrogen-bond acceptors (Lipinski definition) is 4. The third-order valence-corrected chi connectivity index (χ3v) is 7.71. The molecule has 2 heterocycles. The number of aromatic nitrogens is 1. The van der Waals surface area contributed by atoms with Crippen molar-refractivity contribution in [2.24, 2.45) is 0 Å². The normalized spacial score (nSPS) is 25.0. The van der Waals surface area contributed by atoms with Crippen molar-refractivity contribution in [1.29, 1.82) is 0 Å². The number of piperidine rings is 1. The van der Waals surface area contributed by atoms with E-state index in [1.807, 2.05) is 12.1 Å². The molecule has 0 atom stereocenters. The monoisotopic (exact) mass is 415 g/mol. The molecule has 0 bridgehead atoms. The van der Waals surface area contributed by atoms with Gasteiger partial charge in [-0.25, -0.2) is 9.78 Å². The maximum absolute atomic E-state index is 10.7. The van der Waals surface area contributed by atoms with Gasteiger partial charge in [-0.1, -0.05) is 44.9 Å². The largest absolute Gasteiger partial charge is 0.465 e. The van der Waals surface area contributed by atoms with Gasteiger partial charge in [0.2, 0.25) is 0 Å². The van der Waals surface area contributed by atoms with Crippen LogP contribution in [0.4, 0.5) is 10.5 Å². The third kappa shape index (κ3) is 5.48. The van der Waals surface area contributed by atoms with Gasteiger partial charge in [-0.15, -0.1) is 11.3 Å². The van der Waals surface area contributed by atoms with Crippen LogP contribution in [0.15, 0.2) is 18.2 Å². The van der Waals surface area contributed by atoms with Gasteiger partial charge in [0.25, 0.3) is 0 Å². The molecule has 5 nitrogen and oxygen atoms in total. The number of likely N-dealkylation sites (tertiary alicyclic amines) is 1. The van der Waals surface area contributed by atoms with E-state index in [0.717, 1.165) is 16.3 Å². The van der Waals surface area contributed by atoms with Gasteiger partial charge in [0, 0.05) is 17.6 Å². The van der Waals surface area contributed by atoms with E-state index in [2.05, 4.69) is 10.2 Å². The molecule has 0 unspecified atom stereocenters. The Morgan fingerprint density at radius 1 is 1.00 bits per heavy atom. The number of amides is 1. The number of thiazole rings is 1. The second-order valence-electron chi connectivity index (χ2n) is 8.70. The van der Waals surface area contributed by atoms with Gasteiger partial charge in [0.1, 0.15) is 0 Å². The van der Waals surface area contributed by atoms with Crippen LogP contribution in [0.5, 0.6) is 0 Å². The minimum atomic E-state index is -1.03. The Bertz CT molecular complexity index is 794. The molecular weight excluding hydrogens is 382 g/mol. The number of benzene rings is 1. The van der Waals surface area contributed by atoms with Crippen LogP contribution in [0.3, 0.4) is 0 Å². The van der Waals surface area contributed by atoms with Crippen molar-refractivity contribution in [2.45, 2.75) is 82.6 Å². The van der Waals surface area contributed by atoms with Crippen molar-refractivity contribution in [2.75, 3.05) is 18.4 Å². The van der Waals surface area contributed by atoms with Crippen LogP contribution in [0.1, 0.15) is 81.6 Å². The van der Waals surface area contributed by atoms with Crippen molar-refractivity contribution in [3.8, 4) is 0 Å². The van der Waals surface area contributed by atoms with Crippen LogP contribution in [0.2, 0.25) is 0 Å². The topological polar surface area (TPSA) is 65.5 Å². The van der Waals surface area contributed by atoms with Gasteiger partial charge in [-0.2, -0.15) is 0 Å². The van der Waals surface area contributed by atoms with Gasteiger partial charge < -0.3 is 10.0 Å². The first-order valence-corrected chi connectivity index (χ1v) is 12.2. The average molecular weight is 416 g/mol. The maximum Gasteiger partial charge on any atom is 0.409 e. The molecule has 1 saturated heterocycles. The molecule has 1 aromatic carbocycles. The van der Waals surface area contributed by atoms with Crippen LogP contribution in [-0.4, -0.2) is 40.2 Å². The van der Waals surface area contributed by atoms with E-state index >= 15 is 0 Å². The number of nitrogens with one attached hydrogen (secondary N) is 1. The zero-order chi connectivity index (χ0) is 20.1. The molecule has 2 N–H and O–H groups in total. The van der Waals surface area contributed by atoms with E-state index in [-0.39, 0.29) is 0 Å². The predicted molar refractivity (Wildman–Crippen MR) is 120 cm³/mol. The molecule has 0 radical (unpaired) electrons. The highest BCUT2D eigenvalue weighted by Crippen LogP contribution is 2.43. The lowest BCUT2D eigenvalue weighted by Crippen LogP contribution is -2.46. The quantitative estimate of drug-likeness (QED) is 0.604. The summed E-state index contributed by atoms with van der Waals surface area (Å²) in [6.45, 7) is 2.53. The summed E-state index contributed by atoms with van der Waals surface area (Å²) in [5, 5.41) is 12.4. The van der Waals surface area contributed by atoms with Gasteiger partial charge in [0.05, 0.1) is 15.2 Å². The molecule has 3 aliphatic rings. The zero-order valence-corrected chi connectivity index (χ0v) is 18.1. The fourth-order valence-corrected chi connectivity index (χ4v) is 5.88. The first kappa shape index (κ1) is 20.6. The molecule has 6 heteroatoms. The molecule has 158 valence electrons. The number of carbonyl (C=O) groups is 1. The molecule has 2 aromatic rings. The molecule has 1 amide bonds. The number of carboxylic acid groups (broad SMARTS) is 1. The molecule has 1 aromatic heterocycles. The van der Waals surface area contributed by atoms with Crippen molar-refractivity contribution >= 4 is 33.3 Å². The first-order valence-electron chi connectivity index (χ1n) is 11.3. The summed E-state index contributed by atoms with van der Waals surface area (Å²) in [5.41, 5.74) is 1.59. The number of nitrogens with zero attached hydrogens (tertiary/aromatic N) is 2. The van der Waals surface area contributed by atoms with Crippen LogP contribution < -0.4 is 5.32 Å². The van der Waals surface area contributed by atoms with Crippen LogP contribution in [-0.2, 0) is 0 Å². The van der Waals surface area contributed by atoms with Crippen LogP contribution in [0.25, 0.3) is 10.2 Å². The first-order chi connectivity index (χ1) is 14.2. The van der Waals surface area contributed by atoms with Crippen molar-refractivity contribution in [1.82, 2.24) is 9.88 Å². The van der Waals surface area contributed by atoms with Crippen LogP contribution in [0, 0.1) is 0 Å². The summed E-state index contributed by atoms with van der Waals surface area (Å²) in [6, 6.07) is 6.31. The predicted octanol–water partition coefficient (Wildman–Crippen LogP) is 6.46. The molecule has 5 rings (SSSR count). The van der Waals surface area contributed by atoms with E-state index in [9.17, 15) is 4.79 Å². The van der Waals surface area contributed by atoms with E-state index in [0.29, 0.717) is 11.6 Å². The lowest BCUT2D eigenvalue weighted by molar-refractivity contribution is 0.0888. The van der Waals surface area contributed by atoms with Crippen molar-refractivity contribution in [3.63, 3.8) is 0 Å². The smallest absolute Gasteiger partial charge is 0.409 e. The Labute approximate surface area is 177 Å². The molecular formula is C23H33N3O2S. The standard InChI is InChI=1S/C17H21N3O2S.C6H12/c21-17(22)18-12-4-5-14-15(10-12)23-16(19-14)11-8-13(9-11)20-6-2-1-3-7-20;1-2-4-6-5-3-1/h4-5,10-11,13,18H,1-3,6-9H2,(H,21,22);1-6H2/t11-,13-;. The highest BCUT2D eigenvalue weighted by Gasteiger charge is 2.36. The fourth-order valence-electron chi connectivity index (χ4n) is 4.75. The summed E-state index contributed by atoms with van der Waals surface area (Å²) in [7, 11) is 0. The summed E-state index contributed by atoms with van der Waals surface area (Å²) in [4.78, 5) is 18.1. The van der Waals surface area contributed by atoms with Crippen LogP contribution >= 0.6 is 11.3 Å². The average Bonchev–Trinajstić information content (AvgIpc) is 3.12. The van der Waals surface area contributed by atoms with E-state index in [1.54, 1.807) is 17.4 Å². The number of fused-ring (bicyclic) bond motifs is 1. The van der Waals surface area contributed by atoms with Gasteiger partial charge in [-0.3, -0.25) is 5.32 Å². The Balaban J connectivity index is 0.000000294. The number of anilines is 1. The zero-order valence-electron chi connectivity index (χ0n) is 17.2. The summed E-state index contributed by atoms with van der Waals surface area (Å²) in [5.74, 6) is 0.579. The molecule has 0 spiro atoms. The summed E-state index contributed by atoms with van der Waals surface area (Å²) < 4.78 is 1.06. The lowest BCUT2D eigenvalue weighted by atomic mass is 9.79. The number of rotatable bonds is 3. The minimum absolute atomic E-state index is 0.579. The fraction of sp³-hybridized carbons (Fsp3) is 0.652. The molecule has 1 aliphatic heterocycles. The van der Waals surface area contributed by atoms with Crippen molar-refractivity contribution in [3.05, 3.63) is 23.2 Å². The highest BCUT2D eigenvalue weighted by molar-refractivity contribution is 7.18. The molecule has 3 fully saturated rings. The Hall–Kier alpha value is -1.66. The van der Waals surface area contributed by atoms with Crippen molar-refractivity contribution < 1.29 is 9.90 Å². The molecule has 2 saturated carbocycles. The van der Waals surface area contributed by atoms with Gasteiger partial charge in [-0.05, 0) is 57.0 Å². The van der Waals surface area contributed by atoms with Gasteiger partial charge in [0.15, 0.2) is 0 Å². The van der Waals surface area contributed by atoms with E-state index in [4.69, 9.17) is 10.1 Å². The lowest BCUT2D eigenvalue weighted by Gasteiger charge is -2.43. The molecule has 29 heavy (non-hydrogen) atoms. The second-order valence-corrected chi connectivity index (χ2v) is 9.77. The number of hydrogen-bond donors (Lipinski definition) is 2. The Morgan fingerprint density at radius 2 is 1.62 bits per heavy atom. The third-order valence-electron chi connectivity index (χ3n) is 6.53. The van der Waals surface area contributed by atoms with E-state index < -0.39 is 6.09 Å². The summed E-state index contributed by atoms with van der Waals surface area (Å²) in [6.07, 6.45) is 14.5. The second kappa shape index (κ2) is 9.90. The van der Waals surface area contributed by atoms with E-state index in [1.165, 1.54) is 88.7 Å². The minimum Gasteiger partial charge on any atom is -0.465 e. The summed E-state index contributed by atoms with van der Waals surface area (Å²) >= 11 is 1.71. The Morgan fingerprint density at radius 3 is 2.24 bits per heavy atom. The highest BCUT2D eigenvalue weighted by atomic mass is 32.1. The van der Waals surface area contributed by atoms with Gasteiger partial charge >= 0.3 is 6.09 Å². The SMILES string of the molecule is C1CCCCC1.O=C(O)Nc1ccc2nc([C@H]3C[C@H](N4CCCCC4)C3)sc2c1. The molecule has 2 aliphatic carbocycles. The maximum atomic E-state index is 10.7.